The van der Waals surface area contributed by atoms with E-state index in [4.69, 9.17) is 17.3 Å². The number of nitrogens with two attached hydrogens (primary N) is 1. The second kappa shape index (κ2) is 10.4. The van der Waals surface area contributed by atoms with Crippen LogP contribution in [0.2, 0.25) is 5.02 Å². The predicted octanol–water partition coefficient (Wildman–Crippen LogP) is 4.53. The van der Waals surface area contributed by atoms with Gasteiger partial charge in [-0.15, -0.1) is 0 Å². The van der Waals surface area contributed by atoms with Crippen molar-refractivity contribution in [2.24, 2.45) is 0 Å². The average Bonchev–Trinajstić information content (AvgIpc) is 2.72. The Kier molecular flexibility index (Phi) is 7.55. The zero-order valence-corrected chi connectivity index (χ0v) is 19.9. The highest BCUT2D eigenvalue weighted by atomic mass is 35.5. The van der Waals surface area contributed by atoms with Gasteiger partial charge in [0.2, 0.25) is 5.95 Å². The molecule has 1 aromatic carbocycles. The first-order valence-electron chi connectivity index (χ1n) is 10.5. The number of nitrogens with zero attached hydrogens (tertiary/aromatic N) is 3. The van der Waals surface area contributed by atoms with Crippen molar-refractivity contribution in [2.45, 2.75) is 33.2 Å². The third-order valence-electron chi connectivity index (χ3n) is 4.53. The number of nitrogens with one attached hydrogen (secondary N) is 4. The lowest BCUT2D eigenvalue weighted by Crippen LogP contribution is -2.43. The Hall–Kier alpha value is -3.59. The maximum atomic E-state index is 11.9. The Balaban J connectivity index is 1.52. The zero-order valence-electron chi connectivity index (χ0n) is 19.2. The summed E-state index contributed by atoms with van der Waals surface area (Å²) in [5.74, 6) is 1.50. The van der Waals surface area contributed by atoms with E-state index in [0.717, 1.165) is 11.1 Å². The van der Waals surface area contributed by atoms with Gasteiger partial charge < -0.3 is 27.0 Å². The van der Waals surface area contributed by atoms with Crippen LogP contribution in [-0.2, 0) is 0 Å². The van der Waals surface area contributed by atoms with Crippen LogP contribution < -0.4 is 27.0 Å². The number of carbonyl (C=O) groups is 1. The molecule has 33 heavy (non-hydrogen) atoms. The predicted molar refractivity (Wildman–Crippen MR) is 135 cm³/mol. The molecule has 2 aromatic heterocycles. The lowest BCUT2D eigenvalue weighted by molar-refractivity contribution is 0.244. The molecular weight excluding hydrogens is 440 g/mol. The summed E-state index contributed by atoms with van der Waals surface area (Å²) in [6.07, 6.45) is 1.60. The topological polar surface area (TPSA) is 130 Å². The van der Waals surface area contributed by atoms with Gasteiger partial charge in [-0.05, 0) is 51.5 Å². The summed E-state index contributed by atoms with van der Waals surface area (Å²) in [7, 11) is 0. The second-order valence-corrected chi connectivity index (χ2v) is 8.93. The molecule has 0 aliphatic heterocycles. The maximum absolute atomic E-state index is 11.9. The molecule has 0 bridgehead atoms. The highest BCUT2D eigenvalue weighted by Crippen LogP contribution is 2.28. The number of halogens is 1. The van der Waals surface area contributed by atoms with E-state index in [-0.39, 0.29) is 17.5 Å². The Morgan fingerprint density at radius 1 is 1.06 bits per heavy atom. The zero-order chi connectivity index (χ0) is 24.0. The summed E-state index contributed by atoms with van der Waals surface area (Å²) >= 11 is 6.24. The number of hydrogen-bond donors (Lipinski definition) is 5. The van der Waals surface area contributed by atoms with Crippen molar-refractivity contribution in [1.82, 2.24) is 20.3 Å². The molecule has 0 saturated carbocycles. The molecule has 174 valence electrons. The van der Waals surface area contributed by atoms with Crippen LogP contribution >= 0.6 is 11.6 Å². The molecule has 2 heterocycles. The van der Waals surface area contributed by atoms with Crippen LogP contribution in [0.15, 0.2) is 42.6 Å². The minimum absolute atomic E-state index is 0.183. The van der Waals surface area contributed by atoms with Crippen LogP contribution in [0.3, 0.4) is 0 Å². The van der Waals surface area contributed by atoms with Crippen molar-refractivity contribution in [2.75, 3.05) is 34.8 Å². The standard InChI is InChI=1S/C23H29ClN8O/c1-14-16(6-5-7-17(14)24)18-12-20(31-21(25)30-18)27-11-10-26-19-9-8-15(13-28-19)29-22(33)32-23(2,3)4/h5-9,12-13H,10-11H2,1-4H3,(H,26,28)(H2,29,32,33)(H3,25,27,30,31). The summed E-state index contributed by atoms with van der Waals surface area (Å²) in [5.41, 5.74) is 8.76. The third-order valence-corrected chi connectivity index (χ3v) is 4.94. The Morgan fingerprint density at radius 2 is 1.79 bits per heavy atom. The fourth-order valence-corrected chi connectivity index (χ4v) is 3.21. The Bertz CT molecular complexity index is 1110. The molecule has 9 nitrogen and oxygen atoms in total. The van der Waals surface area contributed by atoms with E-state index in [1.54, 1.807) is 18.3 Å². The van der Waals surface area contributed by atoms with Crippen molar-refractivity contribution in [3.8, 4) is 11.3 Å². The lowest BCUT2D eigenvalue weighted by Gasteiger charge is -2.20. The van der Waals surface area contributed by atoms with Gasteiger partial charge in [0, 0.05) is 35.3 Å². The average molecular weight is 469 g/mol. The molecule has 6 N–H and O–H groups in total. The van der Waals surface area contributed by atoms with E-state index in [1.165, 1.54) is 0 Å². The largest absolute Gasteiger partial charge is 0.368 e. The molecule has 0 atom stereocenters. The first-order valence-corrected chi connectivity index (χ1v) is 10.9. The van der Waals surface area contributed by atoms with Gasteiger partial charge in [0.25, 0.3) is 0 Å². The number of nitrogen functional groups attached to an aromatic ring is 1. The number of hydrogen-bond acceptors (Lipinski definition) is 7. The molecule has 0 unspecified atom stereocenters. The number of amides is 2. The van der Waals surface area contributed by atoms with Gasteiger partial charge in [0.1, 0.15) is 11.6 Å². The van der Waals surface area contributed by atoms with Crippen molar-refractivity contribution in [1.29, 1.82) is 0 Å². The Morgan fingerprint density at radius 3 is 2.45 bits per heavy atom. The molecule has 0 saturated heterocycles. The number of pyridine rings is 1. The summed E-state index contributed by atoms with van der Waals surface area (Å²) in [6, 6.07) is 10.8. The number of aromatic nitrogens is 3. The minimum Gasteiger partial charge on any atom is -0.368 e. The van der Waals surface area contributed by atoms with Crippen molar-refractivity contribution in [3.05, 3.63) is 53.2 Å². The second-order valence-electron chi connectivity index (χ2n) is 8.52. The van der Waals surface area contributed by atoms with Crippen LogP contribution in [0.5, 0.6) is 0 Å². The summed E-state index contributed by atoms with van der Waals surface area (Å²) in [5, 5.41) is 12.7. The molecule has 2 amide bonds. The fourth-order valence-electron chi connectivity index (χ4n) is 3.04. The summed E-state index contributed by atoms with van der Waals surface area (Å²) in [6.45, 7) is 8.88. The monoisotopic (exact) mass is 468 g/mol. The van der Waals surface area contributed by atoms with E-state index in [0.29, 0.717) is 41.1 Å². The number of anilines is 4. The molecular formula is C23H29ClN8O. The van der Waals surface area contributed by atoms with E-state index >= 15 is 0 Å². The van der Waals surface area contributed by atoms with Crippen molar-refractivity contribution >= 4 is 40.9 Å². The first-order chi connectivity index (χ1) is 15.6. The molecule has 0 aliphatic rings. The molecule has 3 aromatic rings. The highest BCUT2D eigenvalue weighted by molar-refractivity contribution is 6.31. The molecule has 0 aliphatic carbocycles. The van der Waals surface area contributed by atoms with Gasteiger partial charge in [-0.1, -0.05) is 23.7 Å². The maximum Gasteiger partial charge on any atom is 0.319 e. The van der Waals surface area contributed by atoms with Crippen LogP contribution in [0, 0.1) is 6.92 Å². The van der Waals surface area contributed by atoms with Gasteiger partial charge in [-0.25, -0.2) is 14.8 Å². The van der Waals surface area contributed by atoms with Crippen LogP contribution in [0.4, 0.5) is 28.1 Å². The molecule has 0 radical (unpaired) electrons. The molecule has 10 heteroatoms. The number of urea groups is 1. The first kappa shape index (κ1) is 24.1. The Labute approximate surface area is 198 Å². The van der Waals surface area contributed by atoms with Gasteiger partial charge in [0.15, 0.2) is 0 Å². The van der Waals surface area contributed by atoms with Crippen LogP contribution in [0.25, 0.3) is 11.3 Å². The van der Waals surface area contributed by atoms with Crippen LogP contribution in [-0.4, -0.2) is 39.6 Å². The number of carbonyl (C=O) groups excluding carboxylic acids is 1. The van der Waals surface area contributed by atoms with Crippen LogP contribution in [0.1, 0.15) is 26.3 Å². The summed E-state index contributed by atoms with van der Waals surface area (Å²) in [4.78, 5) is 24.8. The van der Waals surface area contributed by atoms with Crippen molar-refractivity contribution < 1.29 is 4.79 Å². The van der Waals surface area contributed by atoms with Gasteiger partial charge in [-0.2, -0.15) is 4.98 Å². The van der Waals surface area contributed by atoms with Gasteiger partial charge in [-0.3, -0.25) is 0 Å². The fraction of sp³-hybridized carbons (Fsp3) is 0.304. The number of benzene rings is 1. The van der Waals surface area contributed by atoms with E-state index in [9.17, 15) is 4.79 Å². The number of rotatable bonds is 7. The minimum atomic E-state index is -0.311. The summed E-state index contributed by atoms with van der Waals surface area (Å²) < 4.78 is 0. The van der Waals surface area contributed by atoms with Crippen molar-refractivity contribution in [3.63, 3.8) is 0 Å². The van der Waals surface area contributed by atoms with Gasteiger partial charge in [0.05, 0.1) is 17.6 Å². The van der Waals surface area contributed by atoms with Gasteiger partial charge >= 0.3 is 6.03 Å². The van der Waals surface area contributed by atoms with E-state index in [2.05, 4.69) is 36.2 Å². The van der Waals surface area contributed by atoms with E-state index < -0.39 is 0 Å². The molecule has 0 spiro atoms. The smallest absolute Gasteiger partial charge is 0.319 e. The molecule has 3 rings (SSSR count). The van der Waals surface area contributed by atoms with E-state index in [1.807, 2.05) is 52.0 Å². The molecule has 0 fully saturated rings. The normalized spacial score (nSPS) is 11.1. The SMILES string of the molecule is Cc1c(Cl)cccc1-c1cc(NCCNc2ccc(NC(=O)NC(C)(C)C)cn2)nc(N)n1. The third kappa shape index (κ3) is 7.21. The lowest BCUT2D eigenvalue weighted by atomic mass is 10.1. The quantitative estimate of drug-likeness (QED) is 0.322. The highest BCUT2D eigenvalue weighted by Gasteiger charge is 2.13.